The van der Waals surface area contributed by atoms with Crippen LogP contribution in [0.2, 0.25) is 0 Å². The first-order valence-corrected chi connectivity index (χ1v) is 8.25. The zero-order valence-electron chi connectivity index (χ0n) is 12.5. The predicted molar refractivity (Wildman–Crippen MR) is 86.0 cm³/mol. The number of halogens is 1. The van der Waals surface area contributed by atoms with E-state index in [-0.39, 0.29) is 28.9 Å². The molecule has 0 aromatic heterocycles. The Morgan fingerprint density at radius 3 is 2.64 bits per heavy atom. The van der Waals surface area contributed by atoms with Crippen molar-refractivity contribution in [2.24, 2.45) is 5.92 Å². The van der Waals surface area contributed by atoms with Crippen LogP contribution in [0.3, 0.4) is 0 Å². The molecule has 7 nitrogen and oxygen atoms in total. The van der Waals surface area contributed by atoms with Gasteiger partial charge in [0.15, 0.2) is 0 Å². The summed E-state index contributed by atoms with van der Waals surface area (Å²) >= 11 is 0. The molecular weight excluding hydrogens is 330 g/mol. The number of rotatable bonds is 5. The molecule has 1 aliphatic rings. The van der Waals surface area contributed by atoms with E-state index < -0.39 is 14.9 Å². The normalized spacial score (nSPS) is 18.0. The van der Waals surface area contributed by atoms with Crippen molar-refractivity contribution in [3.05, 3.63) is 33.4 Å². The van der Waals surface area contributed by atoms with Gasteiger partial charge >= 0.3 is 0 Å². The van der Waals surface area contributed by atoms with Crippen LogP contribution in [0.25, 0.3) is 0 Å². The Balaban J connectivity index is 0.00000242. The molecule has 124 valence electrons. The zero-order chi connectivity index (χ0) is 15.6. The highest BCUT2D eigenvalue weighted by Crippen LogP contribution is 2.25. The summed E-state index contributed by atoms with van der Waals surface area (Å²) in [6, 6.07) is 2.51. The molecule has 1 atom stereocenters. The van der Waals surface area contributed by atoms with Gasteiger partial charge in [-0.05, 0) is 50.4 Å². The van der Waals surface area contributed by atoms with Gasteiger partial charge in [-0.2, -0.15) is 0 Å². The summed E-state index contributed by atoms with van der Waals surface area (Å²) in [6.45, 7) is 5.35. The van der Waals surface area contributed by atoms with Crippen LogP contribution in [-0.2, 0) is 10.0 Å². The number of nitro groups is 1. The molecule has 1 aromatic rings. The van der Waals surface area contributed by atoms with E-state index in [0.29, 0.717) is 17.7 Å². The maximum Gasteiger partial charge on any atom is 0.271 e. The molecule has 2 rings (SSSR count). The Kier molecular flexibility index (Phi) is 6.30. The molecule has 0 radical (unpaired) electrons. The topological polar surface area (TPSA) is 101 Å². The highest BCUT2D eigenvalue weighted by atomic mass is 35.5. The zero-order valence-corrected chi connectivity index (χ0v) is 14.1. The first-order chi connectivity index (χ1) is 9.81. The van der Waals surface area contributed by atoms with E-state index in [1.807, 2.05) is 0 Å². The number of non-ortho nitro benzene ring substituents is 1. The summed E-state index contributed by atoms with van der Waals surface area (Å²) in [4.78, 5) is 10.3. The SMILES string of the molecule is Cc1cc([N+](=O)[O-])cc(S(=O)(=O)NCC2CCNC2)c1C.Cl. The fourth-order valence-electron chi connectivity index (χ4n) is 2.39. The molecular formula is C13H20ClN3O4S. The third-order valence-corrected chi connectivity index (χ3v) is 5.38. The lowest BCUT2D eigenvalue weighted by Gasteiger charge is -2.13. The number of nitrogens with one attached hydrogen (secondary N) is 2. The van der Waals surface area contributed by atoms with E-state index in [0.717, 1.165) is 25.6 Å². The molecule has 0 bridgehead atoms. The van der Waals surface area contributed by atoms with E-state index in [2.05, 4.69) is 10.0 Å². The maximum atomic E-state index is 12.4. The fourth-order valence-corrected chi connectivity index (χ4v) is 3.84. The van der Waals surface area contributed by atoms with Crippen molar-refractivity contribution in [2.45, 2.75) is 25.2 Å². The van der Waals surface area contributed by atoms with Gasteiger partial charge in [0.1, 0.15) is 0 Å². The van der Waals surface area contributed by atoms with E-state index in [4.69, 9.17) is 0 Å². The number of sulfonamides is 1. The Morgan fingerprint density at radius 1 is 1.41 bits per heavy atom. The van der Waals surface area contributed by atoms with Crippen LogP contribution in [0.1, 0.15) is 17.5 Å². The average Bonchev–Trinajstić information content (AvgIpc) is 2.92. The first kappa shape index (κ1) is 18.8. The maximum absolute atomic E-state index is 12.4. The quantitative estimate of drug-likeness (QED) is 0.620. The lowest BCUT2D eigenvalue weighted by molar-refractivity contribution is -0.385. The Bertz CT molecular complexity index is 657. The number of hydrogen-bond acceptors (Lipinski definition) is 5. The predicted octanol–water partition coefficient (Wildman–Crippen LogP) is 1.52. The van der Waals surface area contributed by atoms with Crippen LogP contribution < -0.4 is 10.0 Å². The van der Waals surface area contributed by atoms with Crippen LogP contribution in [0.5, 0.6) is 0 Å². The van der Waals surface area contributed by atoms with Crippen molar-refractivity contribution < 1.29 is 13.3 Å². The summed E-state index contributed by atoms with van der Waals surface area (Å²) in [7, 11) is -3.74. The average molecular weight is 350 g/mol. The third kappa shape index (κ3) is 4.16. The van der Waals surface area contributed by atoms with Gasteiger partial charge in [0.2, 0.25) is 10.0 Å². The summed E-state index contributed by atoms with van der Waals surface area (Å²) in [5.41, 5.74) is 0.922. The van der Waals surface area contributed by atoms with E-state index >= 15 is 0 Å². The Hall–Kier alpha value is -1.22. The van der Waals surface area contributed by atoms with Crippen LogP contribution in [0.4, 0.5) is 5.69 Å². The van der Waals surface area contributed by atoms with Crippen LogP contribution >= 0.6 is 12.4 Å². The molecule has 22 heavy (non-hydrogen) atoms. The number of nitrogens with zero attached hydrogens (tertiary/aromatic N) is 1. The van der Waals surface area contributed by atoms with Crippen molar-refractivity contribution in [2.75, 3.05) is 19.6 Å². The summed E-state index contributed by atoms with van der Waals surface area (Å²) in [6.07, 6.45) is 0.926. The minimum absolute atomic E-state index is 0. The second-order valence-corrected chi connectivity index (χ2v) is 7.09. The molecule has 1 aromatic carbocycles. The second kappa shape index (κ2) is 7.36. The van der Waals surface area contributed by atoms with E-state index in [9.17, 15) is 18.5 Å². The molecule has 9 heteroatoms. The van der Waals surface area contributed by atoms with E-state index in [1.165, 1.54) is 6.07 Å². The number of nitro benzene ring substituents is 1. The van der Waals surface area contributed by atoms with Crippen LogP contribution in [-0.4, -0.2) is 33.0 Å². The van der Waals surface area contributed by atoms with Crippen molar-refractivity contribution in [1.29, 1.82) is 0 Å². The van der Waals surface area contributed by atoms with Gasteiger partial charge in [-0.3, -0.25) is 10.1 Å². The summed E-state index contributed by atoms with van der Waals surface area (Å²) in [5, 5.41) is 14.1. The number of hydrogen-bond donors (Lipinski definition) is 2. The minimum Gasteiger partial charge on any atom is -0.316 e. The molecule has 1 unspecified atom stereocenters. The Morgan fingerprint density at radius 2 is 2.09 bits per heavy atom. The van der Waals surface area contributed by atoms with Crippen molar-refractivity contribution >= 4 is 28.1 Å². The fraction of sp³-hybridized carbons (Fsp3) is 0.538. The molecule has 0 saturated carbocycles. The molecule has 1 heterocycles. The summed E-state index contributed by atoms with van der Waals surface area (Å²) < 4.78 is 27.3. The minimum atomic E-state index is -3.74. The third-order valence-electron chi connectivity index (χ3n) is 3.83. The van der Waals surface area contributed by atoms with E-state index in [1.54, 1.807) is 13.8 Å². The molecule has 1 fully saturated rings. The molecule has 2 N–H and O–H groups in total. The largest absolute Gasteiger partial charge is 0.316 e. The second-order valence-electron chi connectivity index (χ2n) is 5.35. The van der Waals surface area contributed by atoms with Gasteiger partial charge in [-0.25, -0.2) is 13.1 Å². The standard InChI is InChI=1S/C13H19N3O4S.ClH/c1-9-5-12(16(17)18)6-13(10(9)2)21(19,20)15-8-11-3-4-14-7-11;/h5-6,11,14-15H,3-4,7-8H2,1-2H3;1H. The highest BCUT2D eigenvalue weighted by Gasteiger charge is 2.24. The molecule has 0 spiro atoms. The molecule has 1 aliphatic heterocycles. The van der Waals surface area contributed by atoms with Crippen molar-refractivity contribution in [3.63, 3.8) is 0 Å². The lowest BCUT2D eigenvalue weighted by atomic mass is 10.1. The van der Waals surface area contributed by atoms with Gasteiger partial charge < -0.3 is 5.32 Å². The van der Waals surface area contributed by atoms with Gasteiger partial charge in [0, 0.05) is 18.7 Å². The number of benzene rings is 1. The lowest BCUT2D eigenvalue weighted by Crippen LogP contribution is -2.31. The van der Waals surface area contributed by atoms with Crippen molar-refractivity contribution in [3.8, 4) is 0 Å². The van der Waals surface area contributed by atoms with Gasteiger partial charge in [-0.15, -0.1) is 12.4 Å². The Labute approximate surface area is 136 Å². The molecule has 0 aliphatic carbocycles. The highest BCUT2D eigenvalue weighted by molar-refractivity contribution is 7.89. The van der Waals surface area contributed by atoms with Crippen molar-refractivity contribution in [1.82, 2.24) is 10.0 Å². The summed E-state index contributed by atoms with van der Waals surface area (Å²) in [5.74, 6) is 0.264. The van der Waals surface area contributed by atoms with Gasteiger partial charge in [0.25, 0.3) is 5.69 Å². The smallest absolute Gasteiger partial charge is 0.271 e. The van der Waals surface area contributed by atoms with Crippen LogP contribution in [0, 0.1) is 29.9 Å². The first-order valence-electron chi connectivity index (χ1n) is 6.77. The van der Waals surface area contributed by atoms with Gasteiger partial charge in [0.05, 0.1) is 9.82 Å². The van der Waals surface area contributed by atoms with Gasteiger partial charge in [-0.1, -0.05) is 0 Å². The molecule has 1 saturated heterocycles. The molecule has 0 amide bonds. The van der Waals surface area contributed by atoms with Crippen LogP contribution in [0.15, 0.2) is 17.0 Å². The number of aryl methyl sites for hydroxylation is 1. The monoisotopic (exact) mass is 349 g/mol.